The number of nitrogens with zero attached hydrogens (tertiary/aromatic N) is 1. The minimum Gasteiger partial charge on any atom is -0.371 e. The monoisotopic (exact) mass is 317 g/mol. The van der Waals surface area contributed by atoms with Crippen molar-refractivity contribution in [3.8, 4) is 0 Å². The van der Waals surface area contributed by atoms with Crippen LogP contribution >= 0.6 is 0 Å². The number of carbonyl (C=O) groups excluding carboxylic acids is 2. The van der Waals surface area contributed by atoms with Gasteiger partial charge in [0.2, 0.25) is 5.91 Å². The van der Waals surface area contributed by atoms with Gasteiger partial charge in [-0.25, -0.2) is 0 Å². The lowest BCUT2D eigenvalue weighted by molar-refractivity contribution is -0.118. The molecule has 5 heteroatoms. The second-order valence-electron chi connectivity index (χ2n) is 6.70. The molecule has 0 bridgehead atoms. The van der Waals surface area contributed by atoms with E-state index in [-0.39, 0.29) is 23.8 Å². The second kappa shape index (κ2) is 7.49. The van der Waals surface area contributed by atoms with Gasteiger partial charge in [-0.2, -0.15) is 0 Å². The summed E-state index contributed by atoms with van der Waals surface area (Å²) in [6.07, 6.45) is 2.30. The van der Waals surface area contributed by atoms with Crippen molar-refractivity contribution in [3.05, 3.63) is 23.8 Å². The van der Waals surface area contributed by atoms with Gasteiger partial charge in [-0.15, -0.1) is 0 Å². The van der Waals surface area contributed by atoms with E-state index in [9.17, 15) is 9.59 Å². The van der Waals surface area contributed by atoms with Gasteiger partial charge in [0.1, 0.15) is 0 Å². The fourth-order valence-electron chi connectivity index (χ4n) is 2.66. The smallest absolute Gasteiger partial charge is 0.253 e. The van der Waals surface area contributed by atoms with Gasteiger partial charge in [-0.1, -0.05) is 13.8 Å². The molecular weight excluding hydrogens is 290 g/mol. The van der Waals surface area contributed by atoms with E-state index in [2.05, 4.69) is 15.5 Å². The van der Waals surface area contributed by atoms with E-state index in [1.54, 1.807) is 6.07 Å². The Morgan fingerprint density at radius 3 is 2.30 bits per heavy atom. The quantitative estimate of drug-likeness (QED) is 0.877. The van der Waals surface area contributed by atoms with Crippen LogP contribution in [0.25, 0.3) is 0 Å². The van der Waals surface area contributed by atoms with Crippen molar-refractivity contribution in [1.29, 1.82) is 0 Å². The van der Waals surface area contributed by atoms with Crippen molar-refractivity contribution in [2.75, 3.05) is 23.3 Å². The van der Waals surface area contributed by atoms with Crippen LogP contribution in [-0.4, -0.2) is 30.9 Å². The van der Waals surface area contributed by atoms with E-state index >= 15 is 0 Å². The normalized spacial score (nSPS) is 14.4. The molecule has 0 aromatic heterocycles. The number of anilines is 2. The summed E-state index contributed by atoms with van der Waals surface area (Å²) < 4.78 is 0. The highest BCUT2D eigenvalue weighted by Gasteiger charge is 2.21. The molecule has 0 spiro atoms. The summed E-state index contributed by atoms with van der Waals surface area (Å²) in [5.74, 6) is -0.238. The Labute approximate surface area is 138 Å². The number of hydrogen-bond acceptors (Lipinski definition) is 3. The summed E-state index contributed by atoms with van der Waals surface area (Å²) in [5.41, 5.74) is 2.24. The molecule has 1 heterocycles. The second-order valence-corrected chi connectivity index (χ2v) is 6.70. The number of carbonyl (C=O) groups is 2. The number of benzene rings is 1. The van der Waals surface area contributed by atoms with Crippen LogP contribution in [0.5, 0.6) is 0 Å². The predicted molar refractivity (Wildman–Crippen MR) is 94.0 cm³/mol. The maximum Gasteiger partial charge on any atom is 0.253 e. The van der Waals surface area contributed by atoms with E-state index in [4.69, 9.17) is 0 Å². The zero-order valence-electron chi connectivity index (χ0n) is 14.5. The van der Waals surface area contributed by atoms with Gasteiger partial charge in [-0.05, 0) is 44.9 Å². The predicted octanol–water partition coefficient (Wildman–Crippen LogP) is 3.02. The van der Waals surface area contributed by atoms with Crippen LogP contribution < -0.4 is 15.5 Å². The Balaban J connectivity index is 2.31. The number of hydrogen-bond donors (Lipinski definition) is 2. The maximum absolute atomic E-state index is 12.6. The van der Waals surface area contributed by atoms with Gasteiger partial charge in [0.25, 0.3) is 5.91 Å². The lowest BCUT2D eigenvalue weighted by Gasteiger charge is -2.22. The van der Waals surface area contributed by atoms with Crippen molar-refractivity contribution in [3.63, 3.8) is 0 Å². The van der Waals surface area contributed by atoms with Gasteiger partial charge < -0.3 is 15.5 Å². The van der Waals surface area contributed by atoms with Crippen molar-refractivity contribution in [2.45, 2.75) is 46.6 Å². The molecule has 2 N–H and O–H groups in total. The molecule has 126 valence electrons. The maximum atomic E-state index is 12.6. The van der Waals surface area contributed by atoms with Crippen LogP contribution in [0, 0.1) is 5.92 Å². The fraction of sp³-hybridized carbons (Fsp3) is 0.556. The van der Waals surface area contributed by atoms with Crippen LogP contribution in [0.15, 0.2) is 18.2 Å². The Morgan fingerprint density at radius 2 is 1.74 bits per heavy atom. The van der Waals surface area contributed by atoms with Crippen LogP contribution in [-0.2, 0) is 4.79 Å². The molecular formula is C18H27N3O2. The first-order chi connectivity index (χ1) is 10.9. The highest BCUT2D eigenvalue weighted by molar-refractivity contribution is 6.02. The lowest BCUT2D eigenvalue weighted by Crippen LogP contribution is -2.32. The van der Waals surface area contributed by atoms with E-state index < -0.39 is 0 Å². The molecule has 0 atom stereocenters. The van der Waals surface area contributed by atoms with E-state index in [1.165, 1.54) is 0 Å². The lowest BCUT2D eigenvalue weighted by atomic mass is 10.1. The average Bonchev–Trinajstić information content (AvgIpc) is 3.00. The number of nitrogens with one attached hydrogen (secondary N) is 2. The zero-order chi connectivity index (χ0) is 17.0. The highest BCUT2D eigenvalue weighted by Crippen LogP contribution is 2.28. The molecule has 2 rings (SSSR count). The highest BCUT2D eigenvalue weighted by atomic mass is 16.2. The summed E-state index contributed by atoms with van der Waals surface area (Å²) in [7, 11) is 0. The Kier molecular flexibility index (Phi) is 5.64. The summed E-state index contributed by atoms with van der Waals surface area (Å²) in [6.45, 7) is 9.52. The van der Waals surface area contributed by atoms with E-state index in [1.807, 2.05) is 39.8 Å². The topological polar surface area (TPSA) is 61.4 Å². The van der Waals surface area contributed by atoms with Crippen LogP contribution in [0.2, 0.25) is 0 Å². The molecule has 2 amide bonds. The molecule has 1 saturated heterocycles. The summed E-state index contributed by atoms with van der Waals surface area (Å²) in [5, 5.41) is 5.82. The van der Waals surface area contributed by atoms with Gasteiger partial charge in [0.05, 0.1) is 5.56 Å². The van der Waals surface area contributed by atoms with Crippen LogP contribution in [0.3, 0.4) is 0 Å². The van der Waals surface area contributed by atoms with Crippen molar-refractivity contribution < 1.29 is 9.59 Å². The fourth-order valence-corrected chi connectivity index (χ4v) is 2.66. The Morgan fingerprint density at radius 1 is 1.09 bits per heavy atom. The van der Waals surface area contributed by atoms with Crippen molar-refractivity contribution in [1.82, 2.24) is 5.32 Å². The molecule has 5 nitrogen and oxygen atoms in total. The molecule has 0 saturated carbocycles. The van der Waals surface area contributed by atoms with Crippen LogP contribution in [0.4, 0.5) is 11.4 Å². The van der Waals surface area contributed by atoms with Gasteiger partial charge in [0.15, 0.2) is 0 Å². The average molecular weight is 317 g/mol. The third-order valence-corrected chi connectivity index (χ3v) is 3.90. The van der Waals surface area contributed by atoms with Crippen molar-refractivity contribution in [2.24, 2.45) is 5.92 Å². The SMILES string of the molecule is CC(C)NC(=O)c1cc(NC(=O)C(C)C)ccc1N1CCCC1. The zero-order valence-corrected chi connectivity index (χ0v) is 14.5. The molecule has 0 aliphatic carbocycles. The molecule has 0 radical (unpaired) electrons. The standard InChI is InChI=1S/C18H27N3O2/c1-12(2)17(22)20-14-7-8-16(21-9-5-6-10-21)15(11-14)18(23)19-13(3)4/h7-8,11-13H,5-6,9-10H2,1-4H3,(H,19,23)(H,20,22). The minimum atomic E-state index is -0.0961. The van der Waals surface area contributed by atoms with E-state index in [0.29, 0.717) is 11.3 Å². The van der Waals surface area contributed by atoms with Gasteiger partial charge in [-0.3, -0.25) is 9.59 Å². The number of rotatable bonds is 5. The molecule has 23 heavy (non-hydrogen) atoms. The molecule has 1 aliphatic heterocycles. The molecule has 1 fully saturated rings. The van der Waals surface area contributed by atoms with E-state index in [0.717, 1.165) is 31.6 Å². The summed E-state index contributed by atoms with van der Waals surface area (Å²) in [4.78, 5) is 26.7. The first kappa shape index (κ1) is 17.3. The van der Waals surface area contributed by atoms with Gasteiger partial charge in [0, 0.05) is 36.4 Å². The summed E-state index contributed by atoms with van der Waals surface area (Å²) in [6, 6.07) is 5.67. The van der Waals surface area contributed by atoms with Crippen molar-refractivity contribution >= 4 is 23.2 Å². The summed E-state index contributed by atoms with van der Waals surface area (Å²) >= 11 is 0. The van der Waals surface area contributed by atoms with Gasteiger partial charge >= 0.3 is 0 Å². The Bertz CT molecular complexity index is 576. The first-order valence-corrected chi connectivity index (χ1v) is 8.39. The molecule has 1 aliphatic rings. The third-order valence-electron chi connectivity index (χ3n) is 3.90. The Hall–Kier alpha value is -2.04. The first-order valence-electron chi connectivity index (χ1n) is 8.39. The number of amides is 2. The van der Waals surface area contributed by atoms with Crippen LogP contribution in [0.1, 0.15) is 50.9 Å². The molecule has 0 unspecified atom stereocenters. The molecule has 1 aromatic carbocycles. The largest absolute Gasteiger partial charge is 0.371 e. The minimum absolute atomic E-state index is 0.0471. The third kappa shape index (κ3) is 4.47. The molecule has 1 aromatic rings.